The van der Waals surface area contributed by atoms with Gasteiger partial charge in [-0.15, -0.1) is 0 Å². The van der Waals surface area contributed by atoms with Crippen molar-refractivity contribution in [3.63, 3.8) is 0 Å². The summed E-state index contributed by atoms with van der Waals surface area (Å²) in [5, 5.41) is 0.746. The van der Waals surface area contributed by atoms with Gasteiger partial charge in [0.2, 0.25) is 11.8 Å². The van der Waals surface area contributed by atoms with Crippen LogP contribution in [-0.4, -0.2) is 40.8 Å². The summed E-state index contributed by atoms with van der Waals surface area (Å²) in [6.07, 6.45) is 0.782. The molecule has 0 saturated carbocycles. The number of amides is 3. The second kappa shape index (κ2) is 6.66. The van der Waals surface area contributed by atoms with Gasteiger partial charge in [-0.05, 0) is 31.2 Å². The summed E-state index contributed by atoms with van der Waals surface area (Å²) in [5.74, 6) is -3.61. The minimum absolute atomic E-state index is 0.0229. The number of nitrogens with zero attached hydrogens (tertiary/aromatic N) is 2. The van der Waals surface area contributed by atoms with Crippen LogP contribution in [0, 0.1) is 5.82 Å². The van der Waals surface area contributed by atoms with E-state index < -0.39 is 41.5 Å². The zero-order valence-electron chi connectivity index (χ0n) is 14.4. The molecule has 0 unspecified atom stereocenters. The quantitative estimate of drug-likeness (QED) is 0.612. The standard InChI is InChI=1S/C17H15ClFN3O5/c1-3-27-15(25)13-7-17(22(20-13)9(2)23)8-14(24)21(16(17)26)10-4-5-11(18)12(19)6-10/h4-7,20H,3,8H2,1-2H3/t17-/m1/s1. The van der Waals surface area contributed by atoms with Crippen molar-refractivity contribution < 1.29 is 28.3 Å². The van der Waals surface area contributed by atoms with Gasteiger partial charge in [-0.1, -0.05) is 11.6 Å². The van der Waals surface area contributed by atoms with Crippen LogP contribution in [0.15, 0.2) is 30.0 Å². The number of imide groups is 1. The Kier molecular flexibility index (Phi) is 4.64. The Morgan fingerprint density at radius 3 is 2.67 bits per heavy atom. The minimum Gasteiger partial charge on any atom is -0.461 e. The Morgan fingerprint density at radius 2 is 2.07 bits per heavy atom. The average Bonchev–Trinajstić information content (AvgIpc) is 3.10. The van der Waals surface area contributed by atoms with Gasteiger partial charge < -0.3 is 4.74 Å². The van der Waals surface area contributed by atoms with Crippen molar-refractivity contribution in [1.29, 1.82) is 0 Å². The molecule has 2 aliphatic rings. The third kappa shape index (κ3) is 2.93. The maximum atomic E-state index is 13.8. The second-order valence-corrected chi connectivity index (χ2v) is 6.39. The summed E-state index contributed by atoms with van der Waals surface area (Å²) < 4.78 is 18.7. The maximum absolute atomic E-state index is 13.8. The van der Waals surface area contributed by atoms with Crippen molar-refractivity contribution in [3.8, 4) is 0 Å². The normalized spacial score (nSPS) is 21.6. The van der Waals surface area contributed by atoms with E-state index in [2.05, 4.69) is 5.43 Å². The molecule has 3 amide bonds. The molecule has 8 nitrogen and oxygen atoms in total. The number of nitrogens with one attached hydrogen (secondary N) is 1. The highest BCUT2D eigenvalue weighted by atomic mass is 35.5. The van der Waals surface area contributed by atoms with Gasteiger partial charge in [0.25, 0.3) is 5.91 Å². The molecule has 1 aromatic carbocycles. The fourth-order valence-electron chi connectivity index (χ4n) is 3.09. The predicted octanol–water partition coefficient (Wildman–Crippen LogP) is 1.29. The Labute approximate surface area is 158 Å². The number of hydrazine groups is 1. The van der Waals surface area contributed by atoms with Gasteiger partial charge in [-0.25, -0.2) is 19.1 Å². The highest BCUT2D eigenvalue weighted by Gasteiger charge is 2.59. The van der Waals surface area contributed by atoms with Gasteiger partial charge in [0.05, 0.1) is 23.7 Å². The van der Waals surface area contributed by atoms with E-state index >= 15 is 0 Å². The Balaban J connectivity index is 2.04. The molecule has 2 aliphatic heterocycles. The van der Waals surface area contributed by atoms with E-state index in [0.29, 0.717) is 0 Å². The molecule has 1 spiro atoms. The fraction of sp³-hybridized carbons (Fsp3) is 0.294. The zero-order chi connectivity index (χ0) is 19.9. The largest absolute Gasteiger partial charge is 0.461 e. The maximum Gasteiger partial charge on any atom is 0.355 e. The summed E-state index contributed by atoms with van der Waals surface area (Å²) >= 11 is 5.64. The van der Waals surface area contributed by atoms with Crippen molar-refractivity contribution in [2.75, 3.05) is 11.5 Å². The lowest BCUT2D eigenvalue weighted by molar-refractivity contribution is -0.144. The first-order valence-electron chi connectivity index (χ1n) is 8.01. The molecule has 2 heterocycles. The van der Waals surface area contributed by atoms with E-state index in [1.807, 2.05) is 0 Å². The molecular weight excluding hydrogens is 381 g/mol. The summed E-state index contributed by atoms with van der Waals surface area (Å²) in [6, 6.07) is 3.48. The van der Waals surface area contributed by atoms with Crippen molar-refractivity contribution in [3.05, 3.63) is 40.8 Å². The van der Waals surface area contributed by atoms with Crippen molar-refractivity contribution in [2.24, 2.45) is 0 Å². The number of hydrogen-bond donors (Lipinski definition) is 1. The van der Waals surface area contributed by atoms with Crippen LogP contribution in [0.3, 0.4) is 0 Å². The van der Waals surface area contributed by atoms with E-state index in [0.717, 1.165) is 16.0 Å². The highest BCUT2D eigenvalue weighted by molar-refractivity contribution is 6.31. The van der Waals surface area contributed by atoms with E-state index in [9.17, 15) is 23.6 Å². The molecule has 1 fully saturated rings. The van der Waals surface area contributed by atoms with Crippen LogP contribution < -0.4 is 10.3 Å². The van der Waals surface area contributed by atoms with Gasteiger partial charge >= 0.3 is 5.97 Å². The number of esters is 1. The third-order valence-corrected chi connectivity index (χ3v) is 4.54. The first kappa shape index (κ1) is 18.8. The number of carbonyl (C=O) groups excluding carboxylic acids is 4. The summed E-state index contributed by atoms with van der Waals surface area (Å²) in [6.45, 7) is 2.88. The zero-order valence-corrected chi connectivity index (χ0v) is 15.2. The number of carbonyl (C=O) groups is 4. The van der Waals surface area contributed by atoms with Gasteiger partial charge in [0.1, 0.15) is 11.5 Å². The summed E-state index contributed by atoms with van der Waals surface area (Å²) in [7, 11) is 0. The fourth-order valence-corrected chi connectivity index (χ4v) is 3.21. The van der Waals surface area contributed by atoms with Gasteiger partial charge in [0, 0.05) is 6.92 Å². The molecule has 1 N–H and O–H groups in total. The van der Waals surface area contributed by atoms with Crippen LogP contribution in [0.5, 0.6) is 0 Å². The minimum atomic E-state index is -1.73. The van der Waals surface area contributed by atoms with Crippen LogP contribution in [0.1, 0.15) is 20.3 Å². The Morgan fingerprint density at radius 1 is 1.37 bits per heavy atom. The van der Waals surface area contributed by atoms with Crippen LogP contribution in [0.4, 0.5) is 10.1 Å². The Bertz CT molecular complexity index is 903. The molecule has 0 radical (unpaired) electrons. The lowest BCUT2D eigenvalue weighted by atomic mass is 9.96. The molecule has 1 aromatic rings. The smallest absolute Gasteiger partial charge is 0.355 e. The number of benzene rings is 1. The van der Waals surface area contributed by atoms with Gasteiger partial charge in [-0.2, -0.15) is 0 Å². The van der Waals surface area contributed by atoms with Crippen molar-refractivity contribution >= 4 is 41.0 Å². The molecule has 27 heavy (non-hydrogen) atoms. The molecular formula is C17H15ClFN3O5. The van der Waals surface area contributed by atoms with Crippen LogP contribution in [0.25, 0.3) is 0 Å². The van der Waals surface area contributed by atoms with Gasteiger partial charge in [-0.3, -0.25) is 19.8 Å². The number of halogens is 2. The molecule has 0 bridgehead atoms. The number of ether oxygens (including phenoxy) is 1. The average molecular weight is 396 g/mol. The monoisotopic (exact) mass is 395 g/mol. The predicted molar refractivity (Wildman–Crippen MR) is 91.6 cm³/mol. The van der Waals surface area contributed by atoms with E-state index in [4.69, 9.17) is 16.3 Å². The second-order valence-electron chi connectivity index (χ2n) is 5.98. The SMILES string of the molecule is CCOC(=O)C1=C[C@]2(CC(=O)N(c3ccc(Cl)c(F)c3)C2=O)N(C(C)=O)N1. The third-order valence-electron chi connectivity index (χ3n) is 4.23. The summed E-state index contributed by atoms with van der Waals surface area (Å²) in [5.41, 5.74) is 0.641. The lowest BCUT2D eigenvalue weighted by Gasteiger charge is -2.30. The molecule has 3 rings (SSSR count). The molecule has 0 aromatic heterocycles. The van der Waals surface area contributed by atoms with E-state index in [1.54, 1.807) is 6.92 Å². The van der Waals surface area contributed by atoms with Crippen molar-refractivity contribution in [2.45, 2.75) is 25.8 Å². The molecule has 0 aliphatic carbocycles. The first-order chi connectivity index (χ1) is 12.7. The lowest BCUT2D eigenvalue weighted by Crippen LogP contribution is -2.56. The molecule has 10 heteroatoms. The molecule has 1 saturated heterocycles. The van der Waals surface area contributed by atoms with E-state index in [-0.39, 0.29) is 23.0 Å². The number of rotatable bonds is 3. The van der Waals surface area contributed by atoms with Crippen LogP contribution in [0.2, 0.25) is 5.02 Å². The number of hydrogen-bond acceptors (Lipinski definition) is 6. The highest BCUT2D eigenvalue weighted by Crippen LogP contribution is 2.38. The Hall–Kier alpha value is -2.94. The van der Waals surface area contributed by atoms with Crippen LogP contribution >= 0.6 is 11.6 Å². The number of anilines is 1. The molecule has 142 valence electrons. The van der Waals surface area contributed by atoms with Crippen LogP contribution in [-0.2, 0) is 23.9 Å². The van der Waals surface area contributed by atoms with Crippen molar-refractivity contribution in [1.82, 2.24) is 10.4 Å². The summed E-state index contributed by atoms with van der Waals surface area (Å²) in [4.78, 5) is 50.5. The van der Waals surface area contributed by atoms with Gasteiger partial charge in [0.15, 0.2) is 5.54 Å². The first-order valence-corrected chi connectivity index (χ1v) is 8.39. The van der Waals surface area contributed by atoms with E-state index in [1.165, 1.54) is 25.1 Å². The topological polar surface area (TPSA) is 96.0 Å². The molecule has 1 atom stereocenters.